The second-order valence-electron chi connectivity index (χ2n) is 5.84. The lowest BCUT2D eigenvalue weighted by atomic mass is 10.0. The minimum Gasteiger partial charge on any atom is -0.314 e. The van der Waals surface area contributed by atoms with E-state index in [4.69, 9.17) is 0 Å². The molecule has 0 aromatic carbocycles. The van der Waals surface area contributed by atoms with Gasteiger partial charge in [0.1, 0.15) is 0 Å². The van der Waals surface area contributed by atoms with Gasteiger partial charge in [-0.25, -0.2) is 0 Å². The van der Waals surface area contributed by atoms with E-state index >= 15 is 0 Å². The SMILES string of the molecule is CCCCN(CCCC)CCCC1CCCCN1. The molecule has 0 bridgehead atoms. The minimum absolute atomic E-state index is 0.818. The van der Waals surface area contributed by atoms with Crippen LogP contribution < -0.4 is 5.32 Å². The molecule has 0 radical (unpaired) electrons. The molecule has 0 aliphatic carbocycles. The first-order valence-electron chi connectivity index (χ1n) is 8.32. The van der Waals surface area contributed by atoms with Gasteiger partial charge in [-0.1, -0.05) is 33.1 Å². The first kappa shape index (κ1) is 16.0. The van der Waals surface area contributed by atoms with Crippen molar-refractivity contribution in [2.45, 2.75) is 77.7 Å². The first-order chi connectivity index (χ1) is 8.86. The molecule has 0 aromatic heterocycles. The van der Waals surface area contributed by atoms with Crippen molar-refractivity contribution in [2.24, 2.45) is 0 Å². The zero-order valence-electron chi connectivity index (χ0n) is 12.7. The Bertz CT molecular complexity index is 168. The quantitative estimate of drug-likeness (QED) is 0.638. The van der Waals surface area contributed by atoms with Gasteiger partial charge >= 0.3 is 0 Å². The molecular formula is C16H34N2. The van der Waals surface area contributed by atoms with E-state index in [1.807, 2.05) is 0 Å². The van der Waals surface area contributed by atoms with Crippen LogP contribution in [0.25, 0.3) is 0 Å². The number of nitrogens with one attached hydrogen (secondary N) is 1. The van der Waals surface area contributed by atoms with Crippen LogP contribution in [-0.2, 0) is 0 Å². The van der Waals surface area contributed by atoms with Crippen molar-refractivity contribution >= 4 is 0 Å². The van der Waals surface area contributed by atoms with E-state index < -0.39 is 0 Å². The van der Waals surface area contributed by atoms with Crippen LogP contribution in [0, 0.1) is 0 Å². The largest absolute Gasteiger partial charge is 0.314 e. The van der Waals surface area contributed by atoms with Gasteiger partial charge in [-0.05, 0) is 64.7 Å². The Balaban J connectivity index is 2.10. The van der Waals surface area contributed by atoms with E-state index in [1.165, 1.54) is 84.0 Å². The summed E-state index contributed by atoms with van der Waals surface area (Å²) in [7, 11) is 0. The van der Waals surface area contributed by atoms with Crippen molar-refractivity contribution in [3.05, 3.63) is 0 Å². The van der Waals surface area contributed by atoms with Crippen LogP contribution in [0.5, 0.6) is 0 Å². The molecule has 0 aromatic rings. The average molecular weight is 254 g/mol. The molecule has 0 saturated carbocycles. The van der Waals surface area contributed by atoms with Crippen molar-refractivity contribution in [2.75, 3.05) is 26.2 Å². The van der Waals surface area contributed by atoms with Crippen molar-refractivity contribution in [3.63, 3.8) is 0 Å². The van der Waals surface area contributed by atoms with Gasteiger partial charge in [0.2, 0.25) is 0 Å². The molecule has 1 atom stereocenters. The van der Waals surface area contributed by atoms with Crippen LogP contribution >= 0.6 is 0 Å². The third-order valence-electron chi connectivity index (χ3n) is 4.10. The van der Waals surface area contributed by atoms with Gasteiger partial charge in [0.15, 0.2) is 0 Å². The smallest absolute Gasteiger partial charge is 0.00675 e. The lowest BCUT2D eigenvalue weighted by molar-refractivity contribution is 0.250. The predicted molar refractivity (Wildman–Crippen MR) is 81.1 cm³/mol. The van der Waals surface area contributed by atoms with Crippen LogP contribution in [0.15, 0.2) is 0 Å². The normalized spacial score (nSPS) is 20.5. The zero-order valence-corrected chi connectivity index (χ0v) is 12.7. The van der Waals surface area contributed by atoms with Gasteiger partial charge < -0.3 is 10.2 Å². The molecule has 2 nitrogen and oxygen atoms in total. The molecule has 1 rings (SSSR count). The maximum Gasteiger partial charge on any atom is 0.00675 e. The van der Waals surface area contributed by atoms with E-state index in [1.54, 1.807) is 0 Å². The topological polar surface area (TPSA) is 15.3 Å². The summed E-state index contributed by atoms with van der Waals surface area (Å²) < 4.78 is 0. The van der Waals surface area contributed by atoms with Gasteiger partial charge in [0.25, 0.3) is 0 Å². The lowest BCUT2D eigenvalue weighted by Crippen LogP contribution is -2.35. The third kappa shape index (κ3) is 7.38. The van der Waals surface area contributed by atoms with E-state index in [0.29, 0.717) is 0 Å². The van der Waals surface area contributed by atoms with E-state index in [2.05, 4.69) is 24.1 Å². The van der Waals surface area contributed by atoms with Gasteiger partial charge in [-0.15, -0.1) is 0 Å². The minimum atomic E-state index is 0.818. The Morgan fingerprint density at radius 3 is 2.17 bits per heavy atom. The fourth-order valence-corrected chi connectivity index (χ4v) is 2.83. The van der Waals surface area contributed by atoms with Gasteiger partial charge in [-0.2, -0.15) is 0 Å². The molecule has 0 spiro atoms. The molecule has 1 fully saturated rings. The third-order valence-corrected chi connectivity index (χ3v) is 4.10. The fourth-order valence-electron chi connectivity index (χ4n) is 2.83. The molecule has 108 valence electrons. The molecule has 2 heteroatoms. The highest BCUT2D eigenvalue weighted by Crippen LogP contribution is 2.12. The molecule has 1 aliphatic heterocycles. The predicted octanol–water partition coefficient (Wildman–Crippen LogP) is 3.81. The van der Waals surface area contributed by atoms with Crippen molar-refractivity contribution in [3.8, 4) is 0 Å². The summed E-state index contributed by atoms with van der Waals surface area (Å²) in [4.78, 5) is 2.69. The van der Waals surface area contributed by atoms with Crippen molar-refractivity contribution in [1.82, 2.24) is 10.2 Å². The maximum atomic E-state index is 3.66. The monoisotopic (exact) mass is 254 g/mol. The Labute approximate surface area is 115 Å². The van der Waals surface area contributed by atoms with Gasteiger partial charge in [0, 0.05) is 6.04 Å². The Morgan fingerprint density at radius 2 is 1.61 bits per heavy atom. The number of piperidine rings is 1. The van der Waals surface area contributed by atoms with Gasteiger partial charge in [0.05, 0.1) is 0 Å². The summed E-state index contributed by atoms with van der Waals surface area (Å²) in [5.41, 5.74) is 0. The second-order valence-corrected chi connectivity index (χ2v) is 5.84. The highest BCUT2D eigenvalue weighted by atomic mass is 15.1. The molecular weight excluding hydrogens is 220 g/mol. The van der Waals surface area contributed by atoms with Crippen LogP contribution in [0.4, 0.5) is 0 Å². The number of unbranched alkanes of at least 4 members (excludes halogenated alkanes) is 2. The van der Waals surface area contributed by atoms with Gasteiger partial charge in [-0.3, -0.25) is 0 Å². The molecule has 1 heterocycles. The number of rotatable bonds is 10. The Morgan fingerprint density at radius 1 is 0.944 bits per heavy atom. The molecule has 18 heavy (non-hydrogen) atoms. The van der Waals surface area contributed by atoms with Crippen molar-refractivity contribution < 1.29 is 0 Å². The number of hydrogen-bond acceptors (Lipinski definition) is 2. The summed E-state index contributed by atoms with van der Waals surface area (Å²) in [5.74, 6) is 0. The summed E-state index contributed by atoms with van der Waals surface area (Å²) in [6.07, 6.45) is 12.4. The molecule has 1 unspecified atom stereocenters. The molecule has 0 amide bonds. The Hall–Kier alpha value is -0.0800. The van der Waals surface area contributed by atoms with Crippen LogP contribution in [0.1, 0.15) is 71.6 Å². The van der Waals surface area contributed by atoms with E-state index in [-0.39, 0.29) is 0 Å². The molecule has 1 aliphatic rings. The van der Waals surface area contributed by atoms with Crippen molar-refractivity contribution in [1.29, 1.82) is 0 Å². The summed E-state index contributed by atoms with van der Waals surface area (Å²) >= 11 is 0. The number of hydrogen-bond donors (Lipinski definition) is 1. The maximum absolute atomic E-state index is 3.66. The van der Waals surface area contributed by atoms with Crippen LogP contribution in [-0.4, -0.2) is 37.1 Å². The highest BCUT2D eigenvalue weighted by Gasteiger charge is 2.12. The van der Waals surface area contributed by atoms with E-state index in [0.717, 1.165) is 6.04 Å². The molecule has 1 saturated heterocycles. The fraction of sp³-hybridized carbons (Fsp3) is 1.00. The van der Waals surface area contributed by atoms with Crippen LogP contribution in [0.3, 0.4) is 0 Å². The standard InChI is InChI=1S/C16H34N2/c1-3-5-13-18(14-6-4-2)15-9-11-16-10-7-8-12-17-16/h16-17H,3-15H2,1-2H3. The summed E-state index contributed by atoms with van der Waals surface area (Å²) in [5, 5.41) is 3.66. The average Bonchev–Trinajstić information content (AvgIpc) is 2.42. The second kappa shape index (κ2) is 10.8. The summed E-state index contributed by atoms with van der Waals surface area (Å²) in [6.45, 7) is 9.79. The first-order valence-corrected chi connectivity index (χ1v) is 8.32. The molecule has 1 N–H and O–H groups in total. The highest BCUT2D eigenvalue weighted by molar-refractivity contribution is 4.72. The van der Waals surface area contributed by atoms with Crippen LogP contribution in [0.2, 0.25) is 0 Å². The summed E-state index contributed by atoms with van der Waals surface area (Å²) in [6, 6.07) is 0.818. The van der Waals surface area contributed by atoms with E-state index in [9.17, 15) is 0 Å². The Kier molecular flexibility index (Phi) is 9.59. The lowest BCUT2D eigenvalue weighted by Gasteiger charge is -2.26. The zero-order chi connectivity index (χ0) is 13.1. The number of nitrogens with zero attached hydrogens (tertiary/aromatic N) is 1.